The predicted molar refractivity (Wildman–Crippen MR) is 276 cm³/mol. The van der Waals surface area contributed by atoms with Gasteiger partial charge < -0.3 is 0 Å². The summed E-state index contributed by atoms with van der Waals surface area (Å²) in [7, 11) is -2.69. The molecule has 0 aliphatic heterocycles. The van der Waals surface area contributed by atoms with Crippen molar-refractivity contribution in [3.8, 4) is 44.5 Å². The van der Waals surface area contributed by atoms with Crippen molar-refractivity contribution in [3.05, 3.63) is 254 Å². The van der Waals surface area contributed by atoms with Crippen LogP contribution in [0.2, 0.25) is 0 Å². The molecular formula is C63H46Si. The Morgan fingerprint density at radius 1 is 0.281 bits per heavy atom. The Morgan fingerprint density at radius 2 is 0.734 bits per heavy atom. The van der Waals surface area contributed by atoms with E-state index < -0.39 is 8.07 Å². The summed E-state index contributed by atoms with van der Waals surface area (Å²) in [5.41, 5.74) is 12.8. The van der Waals surface area contributed by atoms with E-state index in [1.807, 2.05) is 0 Å². The second kappa shape index (κ2) is 15.1. The third-order valence-corrected chi connectivity index (χ3v) is 19.0. The van der Waals surface area contributed by atoms with Crippen molar-refractivity contribution in [1.82, 2.24) is 0 Å². The Bertz CT molecular complexity index is 3450. The van der Waals surface area contributed by atoms with Gasteiger partial charge in [0.15, 0.2) is 8.07 Å². The molecular weight excluding hydrogens is 785 g/mol. The lowest BCUT2D eigenvalue weighted by Crippen LogP contribution is -2.74. The number of hydrogen-bond acceptors (Lipinski definition) is 0. The van der Waals surface area contributed by atoms with Gasteiger partial charge in [0.1, 0.15) is 0 Å². The van der Waals surface area contributed by atoms with Gasteiger partial charge in [-0.25, -0.2) is 0 Å². The van der Waals surface area contributed by atoms with Crippen LogP contribution in [0, 0.1) is 0 Å². The van der Waals surface area contributed by atoms with Crippen molar-refractivity contribution in [2.45, 2.75) is 19.3 Å². The van der Waals surface area contributed by atoms with E-state index in [1.54, 1.807) is 0 Å². The SMILES string of the molecule is CC1(C)c2ccccc2-c2ccc(-c3c4ccccc4c(-c4ccc([Si](c5ccccc5)(c5ccccc5)c5ccccc5)cc4)c4ccc(-c5ccc6ccccc6c5)cc34)cc21. The summed E-state index contributed by atoms with van der Waals surface area (Å²) in [5.74, 6) is 0. The molecule has 64 heavy (non-hydrogen) atoms. The van der Waals surface area contributed by atoms with E-state index in [0.29, 0.717) is 0 Å². The largest absolute Gasteiger partial charge is 0.179 e. The maximum Gasteiger partial charge on any atom is 0.179 e. The molecule has 0 heterocycles. The molecule has 12 rings (SSSR count). The minimum absolute atomic E-state index is 0.108. The number of rotatable bonds is 7. The summed E-state index contributed by atoms with van der Waals surface area (Å²) in [6.07, 6.45) is 0. The predicted octanol–water partition coefficient (Wildman–Crippen LogP) is 13.8. The van der Waals surface area contributed by atoms with Gasteiger partial charge in [0, 0.05) is 5.41 Å². The van der Waals surface area contributed by atoms with Gasteiger partial charge in [0.2, 0.25) is 0 Å². The van der Waals surface area contributed by atoms with Crippen LogP contribution < -0.4 is 20.7 Å². The second-order valence-corrected chi connectivity index (χ2v) is 21.8. The highest BCUT2D eigenvalue weighted by atomic mass is 28.3. The van der Waals surface area contributed by atoms with Gasteiger partial charge in [-0.3, -0.25) is 0 Å². The fourth-order valence-corrected chi connectivity index (χ4v) is 15.9. The van der Waals surface area contributed by atoms with Gasteiger partial charge in [-0.15, -0.1) is 0 Å². The van der Waals surface area contributed by atoms with Gasteiger partial charge in [0.25, 0.3) is 0 Å². The van der Waals surface area contributed by atoms with Crippen LogP contribution in [0.3, 0.4) is 0 Å². The smallest absolute Gasteiger partial charge is 0.0623 e. The molecule has 1 aliphatic rings. The first-order valence-corrected chi connectivity index (χ1v) is 24.5. The van der Waals surface area contributed by atoms with Gasteiger partial charge in [-0.1, -0.05) is 238 Å². The van der Waals surface area contributed by atoms with Crippen LogP contribution in [0.1, 0.15) is 25.0 Å². The number of fused-ring (bicyclic) bond motifs is 6. The summed E-state index contributed by atoms with van der Waals surface area (Å²) >= 11 is 0. The molecule has 0 nitrogen and oxygen atoms in total. The molecule has 0 saturated heterocycles. The molecule has 0 amide bonds. The Kier molecular flexibility index (Phi) is 8.96. The minimum atomic E-state index is -2.69. The van der Waals surface area contributed by atoms with E-state index in [0.717, 1.165) is 0 Å². The summed E-state index contributed by atoms with van der Waals surface area (Å²) in [6, 6.07) is 91.3. The lowest BCUT2D eigenvalue weighted by molar-refractivity contribution is 0.660. The van der Waals surface area contributed by atoms with Crippen molar-refractivity contribution in [2.24, 2.45) is 0 Å². The maximum atomic E-state index is 2.49. The van der Waals surface area contributed by atoms with Crippen LogP contribution in [0.4, 0.5) is 0 Å². The van der Waals surface area contributed by atoms with Crippen LogP contribution >= 0.6 is 0 Å². The van der Waals surface area contributed by atoms with Crippen molar-refractivity contribution < 1.29 is 0 Å². The summed E-state index contributed by atoms with van der Waals surface area (Å²) in [5, 5.41) is 13.0. The number of hydrogen-bond donors (Lipinski definition) is 0. The van der Waals surface area contributed by atoms with Gasteiger partial charge in [0.05, 0.1) is 0 Å². The van der Waals surface area contributed by atoms with Crippen molar-refractivity contribution in [3.63, 3.8) is 0 Å². The molecule has 1 aliphatic carbocycles. The standard InChI is InChI=1S/C63H46Si/c1-63(2)59-29-17-16-26-53(59)54-38-35-48(42-60(54)63)62-56-28-15-14-27-55(56)61(57-39-34-47(41-58(57)62)46-31-30-43-18-12-13-19-45(43)40-46)44-32-36-52(37-33-44)64(49-20-6-3-7-21-49,50-22-8-4-9-23-50)51-24-10-5-11-25-51/h3-42H,1-2H3. The normalized spacial score (nSPS) is 13.0. The molecule has 0 atom stereocenters. The molecule has 0 bridgehead atoms. The third-order valence-electron chi connectivity index (χ3n) is 14.2. The molecule has 302 valence electrons. The van der Waals surface area contributed by atoms with Crippen LogP contribution in [-0.2, 0) is 5.41 Å². The van der Waals surface area contributed by atoms with Gasteiger partial charge in [-0.05, 0) is 127 Å². The van der Waals surface area contributed by atoms with Gasteiger partial charge in [-0.2, -0.15) is 0 Å². The quantitative estimate of drug-likeness (QED) is 0.0853. The lowest BCUT2D eigenvalue weighted by atomic mass is 9.80. The fraction of sp³-hybridized carbons (Fsp3) is 0.0476. The van der Waals surface area contributed by atoms with Gasteiger partial charge >= 0.3 is 0 Å². The molecule has 0 aromatic heterocycles. The molecule has 0 saturated carbocycles. The Labute approximate surface area is 376 Å². The second-order valence-electron chi connectivity index (χ2n) is 18.0. The first-order chi connectivity index (χ1) is 31.5. The Hall–Kier alpha value is -7.58. The number of benzene rings is 11. The summed E-state index contributed by atoms with van der Waals surface area (Å²) in [6.45, 7) is 4.76. The van der Waals surface area contributed by atoms with E-state index in [2.05, 4.69) is 257 Å². The monoisotopic (exact) mass is 830 g/mol. The fourth-order valence-electron chi connectivity index (χ4n) is 11.2. The molecule has 11 aromatic carbocycles. The molecule has 0 unspecified atom stereocenters. The van der Waals surface area contributed by atoms with E-state index in [9.17, 15) is 0 Å². The average Bonchev–Trinajstić information content (AvgIpc) is 3.59. The molecule has 0 N–H and O–H groups in total. The molecule has 1 heteroatoms. The molecule has 0 radical (unpaired) electrons. The summed E-state index contributed by atoms with van der Waals surface area (Å²) < 4.78 is 0. The zero-order valence-corrected chi connectivity index (χ0v) is 37.1. The van der Waals surface area contributed by atoms with Crippen LogP contribution in [0.25, 0.3) is 76.8 Å². The zero-order chi connectivity index (χ0) is 42.8. The first kappa shape index (κ1) is 38.1. The average molecular weight is 831 g/mol. The zero-order valence-electron chi connectivity index (χ0n) is 36.1. The van der Waals surface area contributed by atoms with Crippen molar-refractivity contribution in [1.29, 1.82) is 0 Å². The molecule has 0 fully saturated rings. The minimum Gasteiger partial charge on any atom is -0.0623 e. The lowest BCUT2D eigenvalue weighted by Gasteiger charge is -2.34. The molecule has 11 aromatic rings. The topological polar surface area (TPSA) is 0 Å². The highest BCUT2D eigenvalue weighted by Crippen LogP contribution is 2.51. The van der Waals surface area contributed by atoms with Crippen LogP contribution in [-0.4, -0.2) is 8.07 Å². The first-order valence-electron chi connectivity index (χ1n) is 22.5. The maximum absolute atomic E-state index is 2.69. The highest BCUT2D eigenvalue weighted by molar-refractivity contribution is 7.19. The van der Waals surface area contributed by atoms with Crippen molar-refractivity contribution in [2.75, 3.05) is 0 Å². The van der Waals surface area contributed by atoms with E-state index in [4.69, 9.17) is 0 Å². The third kappa shape index (κ3) is 5.89. The van der Waals surface area contributed by atoms with Crippen LogP contribution in [0.5, 0.6) is 0 Å². The summed E-state index contributed by atoms with van der Waals surface area (Å²) in [4.78, 5) is 0. The van der Waals surface area contributed by atoms with E-state index in [1.165, 1.54) is 109 Å². The molecule has 0 spiro atoms. The van der Waals surface area contributed by atoms with Crippen LogP contribution in [0.15, 0.2) is 243 Å². The van der Waals surface area contributed by atoms with Crippen molar-refractivity contribution >= 4 is 61.1 Å². The van der Waals surface area contributed by atoms with E-state index >= 15 is 0 Å². The Balaban J connectivity index is 1.11. The highest BCUT2D eigenvalue weighted by Gasteiger charge is 2.41. The Morgan fingerprint density at radius 3 is 1.39 bits per heavy atom. The van der Waals surface area contributed by atoms with E-state index in [-0.39, 0.29) is 5.41 Å².